The van der Waals surface area contributed by atoms with Crippen molar-refractivity contribution in [3.05, 3.63) is 0 Å². The molecule has 3 unspecified atom stereocenters. The second kappa shape index (κ2) is 4.27. The van der Waals surface area contributed by atoms with E-state index in [4.69, 9.17) is 0 Å². The summed E-state index contributed by atoms with van der Waals surface area (Å²) in [5, 5.41) is 6.67. The normalized spacial score (nSPS) is 38.5. The van der Waals surface area contributed by atoms with Crippen LogP contribution in [0.3, 0.4) is 0 Å². The number of hydrogen-bond donors (Lipinski definition) is 2. The number of fused-ring (bicyclic) bond motifs is 1. The van der Waals surface area contributed by atoms with Gasteiger partial charge >= 0.3 is 0 Å². The first-order chi connectivity index (χ1) is 8.16. The fourth-order valence-corrected chi connectivity index (χ4v) is 3.33. The van der Waals surface area contributed by atoms with E-state index in [1.165, 1.54) is 38.5 Å². The average molecular weight is 236 g/mol. The van der Waals surface area contributed by atoms with Crippen molar-refractivity contribution in [1.29, 1.82) is 0 Å². The van der Waals surface area contributed by atoms with Crippen LogP contribution in [0, 0.1) is 11.3 Å². The van der Waals surface area contributed by atoms with Crippen molar-refractivity contribution >= 4 is 5.91 Å². The number of carbonyl (C=O) groups excluding carboxylic acids is 1. The molecule has 3 heteroatoms. The Labute approximate surface area is 104 Å². The summed E-state index contributed by atoms with van der Waals surface area (Å²) in [5.74, 6) is 1.00. The highest BCUT2D eigenvalue weighted by Gasteiger charge is 2.40. The summed E-state index contributed by atoms with van der Waals surface area (Å²) in [6.45, 7) is 3.13. The molecule has 2 aliphatic carbocycles. The second-order valence-electron chi connectivity index (χ2n) is 6.63. The summed E-state index contributed by atoms with van der Waals surface area (Å²) in [7, 11) is 0. The lowest BCUT2D eigenvalue weighted by Gasteiger charge is -2.24. The van der Waals surface area contributed by atoms with Gasteiger partial charge in [-0.3, -0.25) is 4.79 Å². The molecule has 3 fully saturated rings. The zero-order valence-electron chi connectivity index (χ0n) is 10.8. The lowest BCUT2D eigenvalue weighted by atomic mass is 9.85. The summed E-state index contributed by atoms with van der Waals surface area (Å²) < 4.78 is 0. The average Bonchev–Trinajstić information content (AvgIpc) is 2.92. The van der Waals surface area contributed by atoms with Gasteiger partial charge in [0.15, 0.2) is 0 Å². The molecule has 1 aliphatic heterocycles. The third kappa shape index (κ3) is 2.49. The van der Waals surface area contributed by atoms with Crippen LogP contribution in [0.2, 0.25) is 0 Å². The van der Waals surface area contributed by atoms with Gasteiger partial charge < -0.3 is 10.6 Å². The van der Waals surface area contributed by atoms with Gasteiger partial charge in [0.25, 0.3) is 0 Å². The molecule has 2 saturated carbocycles. The van der Waals surface area contributed by atoms with Crippen molar-refractivity contribution in [2.24, 2.45) is 11.3 Å². The van der Waals surface area contributed by atoms with Crippen molar-refractivity contribution in [1.82, 2.24) is 10.6 Å². The van der Waals surface area contributed by atoms with Crippen LogP contribution in [0.25, 0.3) is 0 Å². The molecule has 0 aromatic heterocycles. The Balaban J connectivity index is 1.49. The van der Waals surface area contributed by atoms with Gasteiger partial charge in [-0.1, -0.05) is 19.8 Å². The van der Waals surface area contributed by atoms with Crippen LogP contribution in [0.5, 0.6) is 0 Å². The summed E-state index contributed by atoms with van der Waals surface area (Å²) >= 11 is 0. The van der Waals surface area contributed by atoms with Gasteiger partial charge in [-0.25, -0.2) is 0 Å². The molecule has 0 bridgehead atoms. The van der Waals surface area contributed by atoms with Crippen LogP contribution in [-0.2, 0) is 4.79 Å². The molecule has 3 rings (SSSR count). The van der Waals surface area contributed by atoms with E-state index in [9.17, 15) is 4.79 Å². The van der Waals surface area contributed by atoms with Crippen LogP contribution in [0.4, 0.5) is 0 Å². The Morgan fingerprint density at radius 2 is 2.12 bits per heavy atom. The van der Waals surface area contributed by atoms with Crippen LogP contribution < -0.4 is 10.6 Å². The number of amides is 1. The predicted molar refractivity (Wildman–Crippen MR) is 67.6 cm³/mol. The van der Waals surface area contributed by atoms with Gasteiger partial charge in [-0.15, -0.1) is 0 Å². The topological polar surface area (TPSA) is 41.1 Å². The molecule has 0 radical (unpaired) electrons. The molecule has 17 heavy (non-hydrogen) atoms. The molecule has 1 saturated heterocycles. The smallest absolute Gasteiger partial charge is 0.237 e. The Bertz CT molecular complexity index is 297. The summed E-state index contributed by atoms with van der Waals surface area (Å²) in [4.78, 5) is 12.1. The molecule has 0 spiro atoms. The van der Waals surface area contributed by atoms with E-state index in [1.807, 2.05) is 0 Å². The van der Waals surface area contributed by atoms with E-state index >= 15 is 0 Å². The number of carbonyl (C=O) groups is 1. The molecule has 0 aromatic rings. The third-order valence-corrected chi connectivity index (χ3v) is 4.97. The molecule has 3 aliphatic rings. The SMILES string of the molecule is CC1(CNC(=O)C2CC3CCCCC3N2)CC1. The van der Waals surface area contributed by atoms with E-state index in [0.717, 1.165) is 18.9 Å². The van der Waals surface area contributed by atoms with Crippen LogP contribution >= 0.6 is 0 Å². The van der Waals surface area contributed by atoms with Gasteiger partial charge in [0.1, 0.15) is 0 Å². The highest BCUT2D eigenvalue weighted by Crippen LogP contribution is 2.44. The van der Waals surface area contributed by atoms with Crippen LogP contribution in [0.15, 0.2) is 0 Å². The molecule has 3 nitrogen and oxygen atoms in total. The minimum absolute atomic E-state index is 0.0884. The molecule has 1 amide bonds. The van der Waals surface area contributed by atoms with Crippen molar-refractivity contribution in [2.45, 2.75) is 64.0 Å². The first-order valence-corrected chi connectivity index (χ1v) is 7.20. The van der Waals surface area contributed by atoms with Gasteiger partial charge in [-0.05, 0) is 43.4 Å². The number of rotatable bonds is 3. The number of nitrogens with one attached hydrogen (secondary N) is 2. The molecule has 0 aromatic carbocycles. The Hall–Kier alpha value is -0.570. The fraction of sp³-hybridized carbons (Fsp3) is 0.929. The lowest BCUT2D eigenvalue weighted by Crippen LogP contribution is -2.44. The maximum Gasteiger partial charge on any atom is 0.237 e. The standard InChI is InChI=1S/C14H24N2O/c1-14(6-7-14)9-15-13(17)12-8-10-4-2-3-5-11(10)16-12/h10-12,16H,2-9H2,1H3,(H,15,17). The van der Waals surface area contributed by atoms with E-state index in [2.05, 4.69) is 17.6 Å². The summed E-state index contributed by atoms with van der Waals surface area (Å²) in [6, 6.07) is 0.710. The molecule has 1 heterocycles. The monoisotopic (exact) mass is 236 g/mol. The molecule has 2 N–H and O–H groups in total. The third-order valence-electron chi connectivity index (χ3n) is 4.97. The van der Waals surface area contributed by atoms with Crippen molar-refractivity contribution in [3.63, 3.8) is 0 Å². The van der Waals surface area contributed by atoms with E-state index in [0.29, 0.717) is 11.5 Å². The second-order valence-corrected chi connectivity index (χ2v) is 6.63. The Morgan fingerprint density at radius 3 is 2.82 bits per heavy atom. The van der Waals surface area contributed by atoms with Gasteiger partial charge in [0.05, 0.1) is 6.04 Å². The summed E-state index contributed by atoms with van der Waals surface area (Å²) in [6.07, 6.45) is 8.89. The maximum atomic E-state index is 12.1. The van der Waals surface area contributed by atoms with Gasteiger partial charge in [0.2, 0.25) is 5.91 Å². The molecule has 96 valence electrons. The zero-order chi connectivity index (χ0) is 11.9. The van der Waals surface area contributed by atoms with E-state index in [1.54, 1.807) is 0 Å². The van der Waals surface area contributed by atoms with Crippen molar-refractivity contribution in [3.8, 4) is 0 Å². The lowest BCUT2D eigenvalue weighted by molar-refractivity contribution is -0.123. The molecule has 3 atom stereocenters. The van der Waals surface area contributed by atoms with Crippen LogP contribution in [0.1, 0.15) is 51.9 Å². The largest absolute Gasteiger partial charge is 0.354 e. The van der Waals surface area contributed by atoms with E-state index < -0.39 is 0 Å². The molecular weight excluding hydrogens is 212 g/mol. The van der Waals surface area contributed by atoms with Gasteiger partial charge in [0, 0.05) is 12.6 Å². The first-order valence-electron chi connectivity index (χ1n) is 7.20. The molecular formula is C14H24N2O. The predicted octanol–water partition coefficient (Wildman–Crippen LogP) is 1.82. The fourth-order valence-electron chi connectivity index (χ4n) is 3.33. The number of hydrogen-bond acceptors (Lipinski definition) is 2. The minimum Gasteiger partial charge on any atom is -0.354 e. The van der Waals surface area contributed by atoms with E-state index in [-0.39, 0.29) is 11.9 Å². The van der Waals surface area contributed by atoms with Crippen LogP contribution in [-0.4, -0.2) is 24.5 Å². The zero-order valence-corrected chi connectivity index (χ0v) is 10.8. The van der Waals surface area contributed by atoms with Gasteiger partial charge in [-0.2, -0.15) is 0 Å². The van der Waals surface area contributed by atoms with Crippen molar-refractivity contribution < 1.29 is 4.79 Å². The first kappa shape index (κ1) is 11.5. The highest BCUT2D eigenvalue weighted by molar-refractivity contribution is 5.82. The Kier molecular flexibility index (Phi) is 2.89. The maximum absolute atomic E-state index is 12.1. The highest BCUT2D eigenvalue weighted by atomic mass is 16.2. The minimum atomic E-state index is 0.0884. The summed E-state index contributed by atoms with van der Waals surface area (Å²) in [5.41, 5.74) is 0.418. The quantitative estimate of drug-likeness (QED) is 0.785. The Morgan fingerprint density at radius 1 is 1.35 bits per heavy atom. The van der Waals surface area contributed by atoms with Crippen molar-refractivity contribution in [2.75, 3.05) is 6.54 Å².